The fraction of sp³-hybridized carbons (Fsp3) is 0.353. The zero-order chi connectivity index (χ0) is 17.4. The summed E-state index contributed by atoms with van der Waals surface area (Å²) < 4.78 is 2.75. The predicted molar refractivity (Wildman–Crippen MR) is 101 cm³/mol. The van der Waals surface area contributed by atoms with Crippen molar-refractivity contribution in [1.82, 2.24) is 19.7 Å². The Hall–Kier alpha value is -2.12. The van der Waals surface area contributed by atoms with Gasteiger partial charge in [-0.15, -0.1) is 0 Å². The average Bonchev–Trinajstić information content (AvgIpc) is 3.12. The van der Waals surface area contributed by atoms with Crippen LogP contribution >= 0.6 is 22.9 Å². The summed E-state index contributed by atoms with van der Waals surface area (Å²) in [6, 6.07) is 5.77. The standard InChI is InChI=1S/C17H18ClN5OS/c1-21-11-12(10-19-21)16(24)22-5-2-6-23(8-7-22)17-20-14-4-3-13(18)9-15(14)25-17/h3-4,9-11H,2,5-8H2,1H3. The van der Waals surface area contributed by atoms with E-state index in [1.54, 1.807) is 28.4 Å². The molecule has 1 aromatic carbocycles. The molecule has 3 heterocycles. The van der Waals surface area contributed by atoms with Crippen LogP contribution in [0.2, 0.25) is 5.02 Å². The van der Waals surface area contributed by atoms with Crippen LogP contribution in [0.3, 0.4) is 0 Å². The zero-order valence-corrected chi connectivity index (χ0v) is 15.4. The summed E-state index contributed by atoms with van der Waals surface area (Å²) in [5.41, 5.74) is 1.61. The molecule has 25 heavy (non-hydrogen) atoms. The molecule has 6 nitrogen and oxygen atoms in total. The Labute approximate surface area is 154 Å². The minimum absolute atomic E-state index is 0.0473. The third kappa shape index (κ3) is 3.34. The second-order valence-electron chi connectivity index (χ2n) is 6.14. The van der Waals surface area contributed by atoms with Crippen molar-refractivity contribution in [3.63, 3.8) is 0 Å². The quantitative estimate of drug-likeness (QED) is 0.690. The van der Waals surface area contributed by atoms with Gasteiger partial charge in [0.15, 0.2) is 5.13 Å². The lowest BCUT2D eigenvalue weighted by Gasteiger charge is -2.21. The van der Waals surface area contributed by atoms with Gasteiger partial charge < -0.3 is 9.80 Å². The molecule has 1 saturated heterocycles. The van der Waals surface area contributed by atoms with E-state index in [4.69, 9.17) is 16.6 Å². The highest BCUT2D eigenvalue weighted by atomic mass is 35.5. The first-order chi connectivity index (χ1) is 12.1. The van der Waals surface area contributed by atoms with E-state index in [-0.39, 0.29) is 5.91 Å². The first-order valence-corrected chi connectivity index (χ1v) is 9.38. The number of halogens is 1. The molecule has 2 aromatic heterocycles. The van der Waals surface area contributed by atoms with E-state index in [0.29, 0.717) is 12.1 Å². The van der Waals surface area contributed by atoms with Crippen LogP contribution in [0.1, 0.15) is 16.8 Å². The van der Waals surface area contributed by atoms with Crippen LogP contribution in [-0.2, 0) is 7.05 Å². The normalized spacial score (nSPS) is 15.6. The topological polar surface area (TPSA) is 54.3 Å². The lowest BCUT2D eigenvalue weighted by atomic mass is 10.3. The van der Waals surface area contributed by atoms with Gasteiger partial charge in [-0.1, -0.05) is 22.9 Å². The molecule has 1 fully saturated rings. The molecule has 4 rings (SSSR count). The van der Waals surface area contributed by atoms with Gasteiger partial charge in [0, 0.05) is 44.4 Å². The van der Waals surface area contributed by atoms with Crippen molar-refractivity contribution in [1.29, 1.82) is 0 Å². The Balaban J connectivity index is 1.49. The molecule has 0 spiro atoms. The molecular weight excluding hydrogens is 358 g/mol. The second-order valence-corrected chi connectivity index (χ2v) is 7.59. The Kier molecular flexibility index (Phi) is 4.35. The largest absolute Gasteiger partial charge is 0.346 e. The summed E-state index contributed by atoms with van der Waals surface area (Å²) >= 11 is 7.72. The van der Waals surface area contributed by atoms with Gasteiger partial charge >= 0.3 is 0 Å². The van der Waals surface area contributed by atoms with E-state index in [1.807, 2.05) is 30.1 Å². The van der Waals surface area contributed by atoms with Crippen LogP contribution in [0.15, 0.2) is 30.6 Å². The number of carbonyl (C=O) groups excluding carboxylic acids is 1. The first-order valence-electron chi connectivity index (χ1n) is 8.19. The van der Waals surface area contributed by atoms with E-state index in [9.17, 15) is 4.79 Å². The number of nitrogens with zero attached hydrogens (tertiary/aromatic N) is 5. The zero-order valence-electron chi connectivity index (χ0n) is 13.9. The number of rotatable bonds is 2. The van der Waals surface area contributed by atoms with Gasteiger partial charge in [0.1, 0.15) is 0 Å². The van der Waals surface area contributed by atoms with Crippen molar-refractivity contribution in [2.45, 2.75) is 6.42 Å². The van der Waals surface area contributed by atoms with Crippen molar-refractivity contribution < 1.29 is 4.79 Å². The van der Waals surface area contributed by atoms with Gasteiger partial charge in [-0.05, 0) is 24.6 Å². The molecule has 0 N–H and O–H groups in total. The number of hydrogen-bond donors (Lipinski definition) is 0. The minimum atomic E-state index is 0.0473. The van der Waals surface area contributed by atoms with E-state index in [0.717, 1.165) is 46.4 Å². The van der Waals surface area contributed by atoms with E-state index in [1.165, 1.54) is 0 Å². The third-order valence-electron chi connectivity index (χ3n) is 4.34. The maximum Gasteiger partial charge on any atom is 0.257 e. The number of benzene rings is 1. The summed E-state index contributed by atoms with van der Waals surface area (Å²) in [5.74, 6) is 0.0473. The van der Waals surface area contributed by atoms with Crippen molar-refractivity contribution in [3.8, 4) is 0 Å². The number of fused-ring (bicyclic) bond motifs is 1. The number of aryl methyl sites for hydroxylation is 1. The Bertz CT molecular complexity index is 921. The maximum atomic E-state index is 12.6. The van der Waals surface area contributed by atoms with Gasteiger partial charge in [-0.3, -0.25) is 9.48 Å². The van der Waals surface area contributed by atoms with E-state index >= 15 is 0 Å². The van der Waals surface area contributed by atoms with Crippen LogP contribution in [0, 0.1) is 0 Å². The Morgan fingerprint density at radius 2 is 2.12 bits per heavy atom. The van der Waals surface area contributed by atoms with Crippen LogP contribution in [0.25, 0.3) is 10.2 Å². The average molecular weight is 376 g/mol. The van der Waals surface area contributed by atoms with Gasteiger partial charge in [-0.2, -0.15) is 5.10 Å². The van der Waals surface area contributed by atoms with Crippen LogP contribution in [0.4, 0.5) is 5.13 Å². The van der Waals surface area contributed by atoms with Crippen LogP contribution in [0.5, 0.6) is 0 Å². The van der Waals surface area contributed by atoms with Crippen LogP contribution in [-0.4, -0.2) is 51.8 Å². The summed E-state index contributed by atoms with van der Waals surface area (Å²) in [4.78, 5) is 21.5. The molecule has 1 amide bonds. The van der Waals surface area contributed by atoms with Crippen LogP contribution < -0.4 is 4.90 Å². The number of anilines is 1. The molecule has 0 atom stereocenters. The van der Waals surface area contributed by atoms with Crippen molar-refractivity contribution in [2.75, 3.05) is 31.1 Å². The number of aromatic nitrogens is 3. The lowest BCUT2D eigenvalue weighted by molar-refractivity contribution is 0.0767. The monoisotopic (exact) mass is 375 g/mol. The van der Waals surface area contributed by atoms with Gasteiger partial charge in [0.2, 0.25) is 0 Å². The maximum absolute atomic E-state index is 12.6. The Morgan fingerprint density at radius 1 is 1.24 bits per heavy atom. The molecule has 1 aliphatic heterocycles. The predicted octanol–water partition coefficient (Wildman–Crippen LogP) is 3.04. The first kappa shape index (κ1) is 16.4. The molecular formula is C17H18ClN5OS. The van der Waals surface area contributed by atoms with Crippen molar-refractivity contribution >= 4 is 44.2 Å². The number of carbonyl (C=O) groups is 1. The van der Waals surface area contributed by atoms with E-state index in [2.05, 4.69) is 10.00 Å². The number of hydrogen-bond acceptors (Lipinski definition) is 5. The second kappa shape index (κ2) is 6.65. The molecule has 130 valence electrons. The summed E-state index contributed by atoms with van der Waals surface area (Å²) in [6.07, 6.45) is 4.31. The highest BCUT2D eigenvalue weighted by Gasteiger charge is 2.22. The number of thiazole rings is 1. The van der Waals surface area contributed by atoms with E-state index < -0.39 is 0 Å². The fourth-order valence-electron chi connectivity index (χ4n) is 3.05. The van der Waals surface area contributed by atoms with Crippen molar-refractivity contribution in [3.05, 3.63) is 41.2 Å². The van der Waals surface area contributed by atoms with Gasteiger partial charge in [0.25, 0.3) is 5.91 Å². The third-order valence-corrected chi connectivity index (χ3v) is 5.66. The molecule has 8 heteroatoms. The minimum Gasteiger partial charge on any atom is -0.346 e. The lowest BCUT2D eigenvalue weighted by Crippen LogP contribution is -2.35. The highest BCUT2D eigenvalue weighted by Crippen LogP contribution is 2.31. The Morgan fingerprint density at radius 3 is 2.92 bits per heavy atom. The summed E-state index contributed by atoms with van der Waals surface area (Å²) in [5, 5.41) is 5.81. The SMILES string of the molecule is Cn1cc(C(=O)N2CCCN(c3nc4ccc(Cl)cc4s3)CC2)cn1. The highest BCUT2D eigenvalue weighted by molar-refractivity contribution is 7.22. The molecule has 0 radical (unpaired) electrons. The smallest absolute Gasteiger partial charge is 0.257 e. The fourth-order valence-corrected chi connectivity index (χ4v) is 4.34. The van der Waals surface area contributed by atoms with Crippen molar-refractivity contribution in [2.24, 2.45) is 7.05 Å². The molecule has 0 bridgehead atoms. The number of amides is 1. The van der Waals surface area contributed by atoms with Gasteiger partial charge in [-0.25, -0.2) is 4.98 Å². The molecule has 0 aliphatic carbocycles. The molecule has 3 aromatic rings. The summed E-state index contributed by atoms with van der Waals surface area (Å²) in [7, 11) is 1.82. The molecule has 0 saturated carbocycles. The molecule has 0 unspecified atom stereocenters. The summed E-state index contributed by atoms with van der Waals surface area (Å²) in [6.45, 7) is 3.11. The molecule has 1 aliphatic rings. The van der Waals surface area contributed by atoms with Gasteiger partial charge in [0.05, 0.1) is 22.0 Å².